The number of aliphatic imine (C=N–C) groups is 1. The van der Waals surface area contributed by atoms with Crippen LogP contribution in [0.4, 0.5) is 0 Å². The molecule has 0 aromatic rings. The van der Waals surface area contributed by atoms with Gasteiger partial charge in [0, 0.05) is 11.8 Å². The van der Waals surface area contributed by atoms with Gasteiger partial charge in [-0.3, -0.25) is 4.99 Å². The Kier molecular flexibility index (Phi) is 6.25. The number of hydrogen-bond donors (Lipinski definition) is 1. The van der Waals surface area contributed by atoms with Crippen LogP contribution in [0.15, 0.2) is 4.99 Å². The summed E-state index contributed by atoms with van der Waals surface area (Å²) >= 11 is 1.88. The van der Waals surface area contributed by atoms with Crippen molar-refractivity contribution in [3.8, 4) is 0 Å². The van der Waals surface area contributed by atoms with Crippen molar-refractivity contribution >= 4 is 16.9 Å². The standard InChI is InChI=1S/C13H26N2S/c1-5-12-8-9-16-13(15-12)14-11(4)7-6-10(2)3/h10-12H,5-9H2,1-4H3,(H,14,15). The van der Waals surface area contributed by atoms with E-state index in [1.54, 1.807) is 0 Å². The van der Waals surface area contributed by atoms with Gasteiger partial charge in [-0.05, 0) is 38.5 Å². The second kappa shape index (κ2) is 7.21. The second-order valence-corrected chi connectivity index (χ2v) is 6.23. The van der Waals surface area contributed by atoms with Crippen molar-refractivity contribution in [2.45, 2.75) is 65.5 Å². The van der Waals surface area contributed by atoms with Crippen LogP contribution in [0.25, 0.3) is 0 Å². The molecule has 16 heavy (non-hydrogen) atoms. The molecule has 2 nitrogen and oxygen atoms in total. The Morgan fingerprint density at radius 2 is 2.12 bits per heavy atom. The minimum absolute atomic E-state index is 0.557. The van der Waals surface area contributed by atoms with Gasteiger partial charge in [0.1, 0.15) is 0 Å². The molecular formula is C13H26N2S. The summed E-state index contributed by atoms with van der Waals surface area (Å²) in [4.78, 5) is 4.74. The number of rotatable bonds is 5. The fourth-order valence-electron chi connectivity index (χ4n) is 1.80. The van der Waals surface area contributed by atoms with E-state index < -0.39 is 0 Å². The lowest BCUT2D eigenvalue weighted by atomic mass is 10.0. The van der Waals surface area contributed by atoms with Crippen LogP contribution in [0.3, 0.4) is 0 Å². The second-order valence-electron chi connectivity index (χ2n) is 5.15. The van der Waals surface area contributed by atoms with E-state index in [0.29, 0.717) is 12.1 Å². The molecule has 0 fully saturated rings. The molecular weight excluding hydrogens is 216 g/mol. The molecule has 0 aromatic carbocycles. The molecule has 0 radical (unpaired) electrons. The third-order valence-electron chi connectivity index (χ3n) is 3.01. The van der Waals surface area contributed by atoms with Crippen LogP contribution in [0, 0.1) is 5.92 Å². The fraction of sp³-hybridized carbons (Fsp3) is 0.923. The van der Waals surface area contributed by atoms with Gasteiger partial charge in [0.2, 0.25) is 0 Å². The summed E-state index contributed by atoms with van der Waals surface area (Å²) in [6.45, 7) is 9.06. The topological polar surface area (TPSA) is 24.4 Å². The molecule has 1 N–H and O–H groups in total. The number of hydrogen-bond acceptors (Lipinski definition) is 3. The fourth-order valence-corrected chi connectivity index (χ4v) is 2.89. The van der Waals surface area contributed by atoms with Gasteiger partial charge >= 0.3 is 0 Å². The SMILES string of the molecule is CCC1CCSC(NC(C)CCC(C)C)=N1. The van der Waals surface area contributed by atoms with E-state index in [1.165, 1.54) is 36.6 Å². The molecule has 2 unspecified atom stereocenters. The molecule has 94 valence electrons. The minimum Gasteiger partial charge on any atom is -0.362 e. The van der Waals surface area contributed by atoms with E-state index in [4.69, 9.17) is 4.99 Å². The Balaban J connectivity index is 2.32. The van der Waals surface area contributed by atoms with Crippen molar-refractivity contribution in [3.63, 3.8) is 0 Å². The Labute approximate surface area is 105 Å². The molecule has 2 atom stereocenters. The number of amidine groups is 1. The van der Waals surface area contributed by atoms with Crippen LogP contribution < -0.4 is 5.32 Å². The van der Waals surface area contributed by atoms with Gasteiger partial charge in [-0.1, -0.05) is 32.5 Å². The highest BCUT2D eigenvalue weighted by Crippen LogP contribution is 2.19. The average molecular weight is 242 g/mol. The highest BCUT2D eigenvalue weighted by atomic mass is 32.2. The summed E-state index contributed by atoms with van der Waals surface area (Å²) in [5.74, 6) is 2.02. The quantitative estimate of drug-likeness (QED) is 0.795. The van der Waals surface area contributed by atoms with Gasteiger partial charge in [0.05, 0.1) is 6.04 Å². The monoisotopic (exact) mass is 242 g/mol. The molecule has 0 amide bonds. The maximum atomic E-state index is 4.74. The maximum Gasteiger partial charge on any atom is 0.157 e. The molecule has 3 heteroatoms. The third-order valence-corrected chi connectivity index (χ3v) is 3.94. The summed E-state index contributed by atoms with van der Waals surface area (Å²) in [7, 11) is 0. The molecule has 0 saturated carbocycles. The lowest BCUT2D eigenvalue weighted by Gasteiger charge is -2.23. The van der Waals surface area contributed by atoms with Gasteiger partial charge in [-0.15, -0.1) is 0 Å². The van der Waals surface area contributed by atoms with Crippen LogP contribution >= 0.6 is 11.8 Å². The zero-order chi connectivity index (χ0) is 12.0. The van der Waals surface area contributed by atoms with Gasteiger partial charge in [-0.2, -0.15) is 0 Å². The van der Waals surface area contributed by atoms with Gasteiger partial charge in [0.25, 0.3) is 0 Å². The van der Waals surface area contributed by atoms with Gasteiger partial charge < -0.3 is 5.32 Å². The normalized spacial score (nSPS) is 23.1. The lowest BCUT2D eigenvalue weighted by Crippen LogP contribution is -2.33. The zero-order valence-electron chi connectivity index (χ0n) is 11.1. The smallest absolute Gasteiger partial charge is 0.157 e. The van der Waals surface area contributed by atoms with Gasteiger partial charge in [-0.25, -0.2) is 0 Å². The van der Waals surface area contributed by atoms with E-state index in [-0.39, 0.29) is 0 Å². The Hall–Kier alpha value is -0.180. The van der Waals surface area contributed by atoms with Crippen molar-refractivity contribution < 1.29 is 0 Å². The molecule has 0 aromatic heterocycles. The molecule has 1 aliphatic heterocycles. The molecule has 1 aliphatic rings. The number of nitrogens with one attached hydrogen (secondary N) is 1. The summed E-state index contributed by atoms with van der Waals surface area (Å²) < 4.78 is 0. The molecule has 0 bridgehead atoms. The van der Waals surface area contributed by atoms with Crippen molar-refractivity contribution in [1.82, 2.24) is 5.32 Å². The number of nitrogens with zero attached hydrogens (tertiary/aromatic N) is 1. The Morgan fingerprint density at radius 3 is 2.75 bits per heavy atom. The van der Waals surface area contributed by atoms with Crippen LogP contribution in [0.1, 0.15) is 53.4 Å². The van der Waals surface area contributed by atoms with E-state index >= 15 is 0 Å². The largest absolute Gasteiger partial charge is 0.362 e. The van der Waals surface area contributed by atoms with E-state index in [2.05, 4.69) is 33.0 Å². The first-order chi connectivity index (χ1) is 7.61. The van der Waals surface area contributed by atoms with E-state index in [0.717, 1.165) is 5.92 Å². The maximum absolute atomic E-state index is 4.74. The Morgan fingerprint density at radius 1 is 1.38 bits per heavy atom. The lowest BCUT2D eigenvalue weighted by molar-refractivity contribution is 0.492. The Bertz CT molecular complexity index is 226. The minimum atomic E-state index is 0.557. The highest BCUT2D eigenvalue weighted by molar-refractivity contribution is 8.13. The van der Waals surface area contributed by atoms with Crippen LogP contribution in [0.2, 0.25) is 0 Å². The first-order valence-corrected chi connectivity index (χ1v) is 7.57. The van der Waals surface area contributed by atoms with Crippen molar-refractivity contribution in [2.24, 2.45) is 10.9 Å². The van der Waals surface area contributed by atoms with Crippen molar-refractivity contribution in [2.75, 3.05) is 5.75 Å². The molecule has 0 saturated heterocycles. The third kappa shape index (κ3) is 5.24. The van der Waals surface area contributed by atoms with Gasteiger partial charge in [0.15, 0.2) is 5.17 Å². The summed E-state index contributed by atoms with van der Waals surface area (Å²) in [5.41, 5.74) is 0. The average Bonchev–Trinajstić information content (AvgIpc) is 2.26. The summed E-state index contributed by atoms with van der Waals surface area (Å²) in [5, 5.41) is 4.73. The van der Waals surface area contributed by atoms with E-state index in [9.17, 15) is 0 Å². The molecule has 0 aliphatic carbocycles. The van der Waals surface area contributed by atoms with Crippen LogP contribution in [0.5, 0.6) is 0 Å². The first-order valence-electron chi connectivity index (χ1n) is 6.59. The predicted octanol–water partition coefficient (Wildman–Crippen LogP) is 3.67. The van der Waals surface area contributed by atoms with Crippen molar-refractivity contribution in [1.29, 1.82) is 0 Å². The zero-order valence-corrected chi connectivity index (χ0v) is 11.9. The summed E-state index contributed by atoms with van der Waals surface area (Å²) in [6.07, 6.45) is 4.95. The van der Waals surface area contributed by atoms with Crippen molar-refractivity contribution in [3.05, 3.63) is 0 Å². The molecule has 1 heterocycles. The first kappa shape index (κ1) is 13.9. The summed E-state index contributed by atoms with van der Waals surface area (Å²) in [6, 6.07) is 1.12. The molecule has 0 spiro atoms. The predicted molar refractivity (Wildman–Crippen MR) is 75.3 cm³/mol. The van der Waals surface area contributed by atoms with Crippen LogP contribution in [-0.2, 0) is 0 Å². The highest BCUT2D eigenvalue weighted by Gasteiger charge is 2.15. The van der Waals surface area contributed by atoms with Crippen LogP contribution in [-0.4, -0.2) is 23.0 Å². The van der Waals surface area contributed by atoms with E-state index in [1.807, 2.05) is 11.8 Å². The molecule has 1 rings (SSSR count). The number of thioether (sulfide) groups is 1.